The van der Waals surface area contributed by atoms with Crippen LogP contribution in [0.5, 0.6) is 0 Å². The van der Waals surface area contributed by atoms with Crippen molar-refractivity contribution in [2.75, 3.05) is 20.2 Å². The Morgan fingerprint density at radius 2 is 1.94 bits per heavy atom. The van der Waals surface area contributed by atoms with E-state index in [0.29, 0.717) is 31.5 Å². The van der Waals surface area contributed by atoms with Gasteiger partial charge in [-0.3, -0.25) is 0 Å². The minimum atomic E-state index is -0.761. The van der Waals surface area contributed by atoms with Crippen LogP contribution < -0.4 is 0 Å². The maximum atomic E-state index is 14.2. The summed E-state index contributed by atoms with van der Waals surface area (Å²) < 4.78 is 35.4. The maximum Gasteiger partial charge on any atom is 0.410 e. The number of piperidine rings is 1. The van der Waals surface area contributed by atoms with Crippen LogP contribution in [0.1, 0.15) is 62.9 Å². The molecular formula is C22H28FN3O6. The van der Waals surface area contributed by atoms with Crippen molar-refractivity contribution >= 4 is 12.1 Å². The van der Waals surface area contributed by atoms with E-state index in [0.717, 1.165) is 6.07 Å². The lowest BCUT2D eigenvalue weighted by atomic mass is 10.1. The van der Waals surface area contributed by atoms with E-state index in [9.17, 15) is 14.0 Å². The normalized spacial score (nSPS) is 16.0. The molecule has 10 heteroatoms. The van der Waals surface area contributed by atoms with Crippen LogP contribution in [-0.2, 0) is 14.2 Å². The molecule has 0 aliphatic carbocycles. The standard InChI is InChI=1S/C22H28FN3O6/c1-13(30-15-8-10-26(11-9-15)21(28)31-22(2,3)4)19-24-18(25-32-19)14-6-7-16(17(23)12-14)20(27)29-5/h6-7,12-13,15H,8-11H2,1-5H3. The Kier molecular flexibility index (Phi) is 7.12. The van der Waals surface area contributed by atoms with Crippen molar-refractivity contribution in [3.63, 3.8) is 0 Å². The highest BCUT2D eigenvalue weighted by atomic mass is 19.1. The summed E-state index contributed by atoms with van der Waals surface area (Å²) in [4.78, 5) is 29.7. The molecule has 0 radical (unpaired) electrons. The first-order chi connectivity index (χ1) is 15.1. The quantitative estimate of drug-likeness (QED) is 0.628. The number of hydrogen-bond donors (Lipinski definition) is 0. The molecule has 174 valence electrons. The summed E-state index contributed by atoms with van der Waals surface area (Å²) in [6.07, 6.45) is 0.440. The molecule has 0 N–H and O–H groups in total. The predicted octanol–water partition coefficient (Wildman–Crippen LogP) is 4.14. The molecule has 3 rings (SSSR count). The van der Waals surface area contributed by atoms with Gasteiger partial charge in [0.2, 0.25) is 5.82 Å². The number of methoxy groups -OCH3 is 1. The van der Waals surface area contributed by atoms with Gasteiger partial charge in [0.1, 0.15) is 17.5 Å². The largest absolute Gasteiger partial charge is 0.465 e. The van der Waals surface area contributed by atoms with Gasteiger partial charge in [-0.2, -0.15) is 4.98 Å². The number of carbonyl (C=O) groups excluding carboxylic acids is 2. The fraction of sp³-hybridized carbons (Fsp3) is 0.545. The molecule has 1 aromatic carbocycles. The topological polar surface area (TPSA) is 104 Å². The number of halogens is 1. The van der Waals surface area contributed by atoms with Gasteiger partial charge < -0.3 is 23.6 Å². The first-order valence-corrected chi connectivity index (χ1v) is 10.4. The third-order valence-electron chi connectivity index (χ3n) is 4.91. The van der Waals surface area contributed by atoms with Crippen LogP contribution >= 0.6 is 0 Å². The fourth-order valence-corrected chi connectivity index (χ4v) is 3.30. The number of ether oxygens (including phenoxy) is 3. The zero-order valence-corrected chi connectivity index (χ0v) is 18.9. The van der Waals surface area contributed by atoms with E-state index in [1.54, 1.807) is 11.8 Å². The van der Waals surface area contributed by atoms with Crippen LogP contribution in [0.25, 0.3) is 11.4 Å². The van der Waals surface area contributed by atoms with Gasteiger partial charge in [-0.25, -0.2) is 14.0 Å². The Morgan fingerprint density at radius 1 is 1.25 bits per heavy atom. The Balaban J connectivity index is 1.57. The Hall–Kier alpha value is -3.01. The predicted molar refractivity (Wildman–Crippen MR) is 111 cm³/mol. The summed E-state index contributed by atoms with van der Waals surface area (Å²) in [5.41, 5.74) is -0.339. The molecule has 1 fully saturated rings. The molecule has 0 saturated carbocycles. The molecule has 1 amide bonds. The second-order valence-corrected chi connectivity index (χ2v) is 8.59. The van der Waals surface area contributed by atoms with Gasteiger partial charge in [0.25, 0.3) is 5.89 Å². The molecule has 1 atom stereocenters. The smallest absolute Gasteiger partial charge is 0.410 e. The zero-order chi connectivity index (χ0) is 23.5. The van der Waals surface area contributed by atoms with E-state index in [2.05, 4.69) is 14.9 Å². The molecule has 2 aromatic rings. The van der Waals surface area contributed by atoms with Crippen LogP contribution in [0, 0.1) is 5.82 Å². The van der Waals surface area contributed by atoms with E-state index >= 15 is 0 Å². The first kappa shape index (κ1) is 23.6. The molecular weight excluding hydrogens is 421 g/mol. The highest BCUT2D eigenvalue weighted by Gasteiger charge is 2.29. The van der Waals surface area contributed by atoms with Gasteiger partial charge in [-0.1, -0.05) is 5.16 Å². The number of esters is 1. The van der Waals surface area contributed by atoms with Crippen LogP contribution in [0.15, 0.2) is 22.7 Å². The molecule has 1 unspecified atom stereocenters. The molecule has 0 spiro atoms. The minimum absolute atomic E-state index is 0.0733. The number of hydrogen-bond acceptors (Lipinski definition) is 8. The molecule has 1 aliphatic heterocycles. The lowest BCUT2D eigenvalue weighted by molar-refractivity contribution is -0.0509. The Morgan fingerprint density at radius 3 is 2.53 bits per heavy atom. The number of likely N-dealkylation sites (tertiary alicyclic amines) is 1. The van der Waals surface area contributed by atoms with Gasteiger partial charge in [0.15, 0.2) is 0 Å². The second-order valence-electron chi connectivity index (χ2n) is 8.59. The van der Waals surface area contributed by atoms with Crippen molar-refractivity contribution in [1.82, 2.24) is 15.0 Å². The lowest BCUT2D eigenvalue weighted by Gasteiger charge is -2.34. The van der Waals surface area contributed by atoms with Gasteiger partial charge >= 0.3 is 12.1 Å². The van der Waals surface area contributed by atoms with Crippen molar-refractivity contribution in [3.8, 4) is 11.4 Å². The van der Waals surface area contributed by atoms with Crippen LogP contribution in [0.4, 0.5) is 9.18 Å². The van der Waals surface area contributed by atoms with Gasteiger partial charge in [-0.05, 0) is 58.7 Å². The summed E-state index contributed by atoms with van der Waals surface area (Å²) in [7, 11) is 1.18. The van der Waals surface area contributed by atoms with Crippen molar-refractivity contribution in [1.29, 1.82) is 0 Å². The summed E-state index contributed by atoms with van der Waals surface area (Å²) in [5, 5.41) is 3.89. The van der Waals surface area contributed by atoms with Crippen LogP contribution in [-0.4, -0.2) is 59.0 Å². The number of carbonyl (C=O) groups is 2. The van der Waals surface area contributed by atoms with E-state index in [1.165, 1.54) is 19.2 Å². The average Bonchev–Trinajstić information content (AvgIpc) is 3.23. The number of nitrogens with zero attached hydrogens (tertiary/aromatic N) is 3. The molecule has 0 bridgehead atoms. The first-order valence-electron chi connectivity index (χ1n) is 10.4. The highest BCUT2D eigenvalue weighted by Crippen LogP contribution is 2.26. The van der Waals surface area contributed by atoms with Crippen LogP contribution in [0.3, 0.4) is 0 Å². The molecule has 32 heavy (non-hydrogen) atoms. The maximum absolute atomic E-state index is 14.2. The van der Waals surface area contributed by atoms with Gasteiger partial charge in [0.05, 0.1) is 18.8 Å². The number of aromatic nitrogens is 2. The van der Waals surface area contributed by atoms with Crippen molar-refractivity contribution in [2.45, 2.75) is 58.3 Å². The van der Waals surface area contributed by atoms with Crippen molar-refractivity contribution < 1.29 is 32.7 Å². The van der Waals surface area contributed by atoms with E-state index in [-0.39, 0.29) is 29.5 Å². The molecule has 2 heterocycles. The zero-order valence-electron chi connectivity index (χ0n) is 18.9. The fourth-order valence-electron chi connectivity index (χ4n) is 3.30. The number of benzene rings is 1. The van der Waals surface area contributed by atoms with Crippen molar-refractivity contribution in [2.24, 2.45) is 0 Å². The summed E-state index contributed by atoms with van der Waals surface area (Å²) in [6, 6.07) is 3.98. The third-order valence-corrected chi connectivity index (χ3v) is 4.91. The lowest BCUT2D eigenvalue weighted by Crippen LogP contribution is -2.43. The monoisotopic (exact) mass is 449 g/mol. The van der Waals surface area contributed by atoms with E-state index in [4.69, 9.17) is 14.0 Å². The molecule has 1 aromatic heterocycles. The third kappa shape index (κ3) is 5.82. The molecule has 1 saturated heterocycles. The van der Waals surface area contributed by atoms with Crippen LogP contribution in [0.2, 0.25) is 0 Å². The molecule has 1 aliphatic rings. The number of rotatable bonds is 5. The van der Waals surface area contributed by atoms with E-state index in [1.807, 2.05) is 20.8 Å². The SMILES string of the molecule is COC(=O)c1ccc(-c2noc(C(C)OC3CCN(C(=O)OC(C)(C)C)CC3)n2)cc1F. The minimum Gasteiger partial charge on any atom is -0.465 e. The average molecular weight is 449 g/mol. The Bertz CT molecular complexity index is 963. The van der Waals surface area contributed by atoms with Crippen molar-refractivity contribution in [3.05, 3.63) is 35.5 Å². The summed E-state index contributed by atoms with van der Waals surface area (Å²) in [5.74, 6) is -1.05. The molecule has 9 nitrogen and oxygen atoms in total. The van der Waals surface area contributed by atoms with Gasteiger partial charge in [-0.15, -0.1) is 0 Å². The summed E-state index contributed by atoms with van der Waals surface area (Å²) in [6.45, 7) is 8.37. The number of amides is 1. The van der Waals surface area contributed by atoms with Gasteiger partial charge in [0, 0.05) is 18.7 Å². The summed E-state index contributed by atoms with van der Waals surface area (Å²) >= 11 is 0. The highest BCUT2D eigenvalue weighted by molar-refractivity contribution is 5.90. The van der Waals surface area contributed by atoms with E-state index < -0.39 is 23.5 Å². The Labute approximate surface area is 185 Å². The second kappa shape index (κ2) is 9.64.